The second-order valence-corrected chi connectivity index (χ2v) is 3.61. The summed E-state index contributed by atoms with van der Waals surface area (Å²) < 4.78 is 0. The number of nitrogens with one attached hydrogen (secondary N) is 1. The molecule has 1 unspecified atom stereocenters. The maximum Gasteiger partial charge on any atom is 0.154 e. The molecule has 0 bridgehead atoms. The number of rotatable bonds is 5. The largest absolute Gasteiger partial charge is 0.394 e. The van der Waals surface area contributed by atoms with Crippen LogP contribution in [0.1, 0.15) is 27.7 Å². The van der Waals surface area contributed by atoms with Gasteiger partial charge in [-0.25, -0.2) is 0 Å². The summed E-state index contributed by atoms with van der Waals surface area (Å²) in [6, 6.07) is -0.171. The van der Waals surface area contributed by atoms with Crippen LogP contribution in [-0.4, -0.2) is 29.6 Å². The van der Waals surface area contributed by atoms with Gasteiger partial charge in [0.1, 0.15) is 0 Å². The molecule has 0 heterocycles. The van der Waals surface area contributed by atoms with E-state index in [-0.39, 0.29) is 24.3 Å². The van der Waals surface area contributed by atoms with Gasteiger partial charge in [0.2, 0.25) is 0 Å². The van der Waals surface area contributed by atoms with E-state index in [0.29, 0.717) is 0 Å². The zero-order chi connectivity index (χ0) is 9.72. The molecule has 0 fully saturated rings. The summed E-state index contributed by atoms with van der Waals surface area (Å²) in [7, 11) is 0. The Morgan fingerprint density at radius 2 is 1.83 bits per heavy atom. The first-order chi connectivity index (χ1) is 5.49. The lowest BCUT2D eigenvalue weighted by molar-refractivity contribution is -0.125. The van der Waals surface area contributed by atoms with Crippen molar-refractivity contribution in [2.75, 3.05) is 6.61 Å². The lowest BCUT2D eigenvalue weighted by Crippen LogP contribution is -2.45. The molecule has 0 amide bonds. The average molecular weight is 173 g/mol. The lowest BCUT2D eigenvalue weighted by Gasteiger charge is -2.19. The molecule has 0 aliphatic carbocycles. The van der Waals surface area contributed by atoms with Gasteiger partial charge in [-0.2, -0.15) is 0 Å². The molecule has 72 valence electrons. The van der Waals surface area contributed by atoms with Gasteiger partial charge < -0.3 is 10.4 Å². The fourth-order valence-corrected chi connectivity index (χ4v) is 1.03. The summed E-state index contributed by atoms with van der Waals surface area (Å²) in [5.74, 6) is 0.0552. The Bertz CT molecular complexity index is 143. The molecule has 0 aromatic rings. The molecule has 0 aliphatic heterocycles. The smallest absolute Gasteiger partial charge is 0.154 e. The van der Waals surface area contributed by atoms with E-state index >= 15 is 0 Å². The highest BCUT2D eigenvalue weighted by molar-refractivity contribution is 5.85. The van der Waals surface area contributed by atoms with Gasteiger partial charge >= 0.3 is 0 Å². The number of hydrogen-bond acceptors (Lipinski definition) is 3. The van der Waals surface area contributed by atoms with Crippen LogP contribution in [0.2, 0.25) is 0 Å². The molecule has 12 heavy (non-hydrogen) atoms. The molecule has 2 N–H and O–H groups in total. The Morgan fingerprint density at radius 1 is 1.33 bits per heavy atom. The Labute approximate surface area is 74.2 Å². The molecular weight excluding hydrogens is 154 g/mol. The molecule has 0 aromatic carbocycles. The van der Waals surface area contributed by atoms with E-state index in [0.717, 1.165) is 0 Å². The van der Waals surface area contributed by atoms with Gasteiger partial charge in [0.15, 0.2) is 5.78 Å². The first-order valence-corrected chi connectivity index (χ1v) is 4.39. The van der Waals surface area contributed by atoms with Crippen molar-refractivity contribution >= 4 is 5.78 Å². The van der Waals surface area contributed by atoms with E-state index in [2.05, 4.69) is 5.32 Å². The minimum absolute atomic E-state index is 0.0200. The van der Waals surface area contributed by atoms with E-state index in [1.807, 2.05) is 27.7 Å². The van der Waals surface area contributed by atoms with E-state index in [1.165, 1.54) is 0 Å². The first kappa shape index (κ1) is 11.6. The van der Waals surface area contributed by atoms with Crippen molar-refractivity contribution in [1.82, 2.24) is 5.32 Å². The second-order valence-electron chi connectivity index (χ2n) is 3.61. The number of carbonyl (C=O) groups excluding carboxylic acids is 1. The van der Waals surface area contributed by atoms with Gasteiger partial charge in [-0.05, 0) is 0 Å². The Kier molecular flexibility index (Phi) is 5.09. The van der Waals surface area contributed by atoms with Gasteiger partial charge in [-0.3, -0.25) is 4.79 Å². The minimum Gasteiger partial charge on any atom is -0.394 e. The Hall–Kier alpha value is -0.410. The van der Waals surface area contributed by atoms with Crippen LogP contribution in [0.15, 0.2) is 0 Å². The molecule has 0 spiro atoms. The topological polar surface area (TPSA) is 49.3 Å². The SMILES string of the molecule is CC(C)NC(CO)C(=O)C(C)C. The van der Waals surface area contributed by atoms with Crippen molar-refractivity contribution in [3.63, 3.8) is 0 Å². The molecule has 1 atom stereocenters. The number of hydrogen-bond donors (Lipinski definition) is 2. The van der Waals surface area contributed by atoms with Crippen molar-refractivity contribution in [2.45, 2.75) is 39.8 Å². The zero-order valence-electron chi connectivity index (χ0n) is 8.29. The van der Waals surface area contributed by atoms with Crippen molar-refractivity contribution in [2.24, 2.45) is 5.92 Å². The summed E-state index contributed by atoms with van der Waals surface area (Å²) in [6.07, 6.45) is 0. The first-order valence-electron chi connectivity index (χ1n) is 4.39. The minimum atomic E-state index is -0.398. The molecule has 0 saturated heterocycles. The van der Waals surface area contributed by atoms with Crippen LogP contribution in [0, 0.1) is 5.92 Å². The maximum atomic E-state index is 11.4. The van der Waals surface area contributed by atoms with Crippen LogP contribution in [-0.2, 0) is 4.79 Å². The van der Waals surface area contributed by atoms with E-state index < -0.39 is 6.04 Å². The fraction of sp³-hybridized carbons (Fsp3) is 0.889. The van der Waals surface area contributed by atoms with Crippen molar-refractivity contribution in [1.29, 1.82) is 0 Å². The van der Waals surface area contributed by atoms with Crippen LogP contribution in [0.5, 0.6) is 0 Å². The summed E-state index contributed by atoms with van der Waals surface area (Å²) >= 11 is 0. The van der Waals surface area contributed by atoms with Gasteiger partial charge in [0.25, 0.3) is 0 Å². The highest BCUT2D eigenvalue weighted by atomic mass is 16.3. The lowest BCUT2D eigenvalue weighted by atomic mass is 10.0. The van der Waals surface area contributed by atoms with Crippen molar-refractivity contribution < 1.29 is 9.90 Å². The second kappa shape index (κ2) is 5.27. The molecule has 0 aliphatic rings. The molecule has 0 saturated carbocycles. The third-order valence-electron chi connectivity index (χ3n) is 1.63. The van der Waals surface area contributed by atoms with Crippen LogP contribution >= 0.6 is 0 Å². The molecule has 3 heteroatoms. The molecule has 0 radical (unpaired) electrons. The molecule has 0 aromatic heterocycles. The van der Waals surface area contributed by atoms with Crippen LogP contribution in [0.3, 0.4) is 0 Å². The van der Waals surface area contributed by atoms with Crippen LogP contribution < -0.4 is 5.32 Å². The van der Waals surface area contributed by atoms with Crippen molar-refractivity contribution in [3.05, 3.63) is 0 Å². The highest BCUT2D eigenvalue weighted by Gasteiger charge is 2.20. The summed E-state index contributed by atoms with van der Waals surface area (Å²) in [4.78, 5) is 11.4. The standard InChI is InChI=1S/C9H19NO2/c1-6(2)9(12)8(5-11)10-7(3)4/h6-8,10-11H,5H2,1-4H3. The van der Waals surface area contributed by atoms with Gasteiger partial charge in [0, 0.05) is 12.0 Å². The normalized spacial score (nSPS) is 13.9. The predicted octanol–water partition coefficient (Wildman–Crippen LogP) is 0.570. The Balaban J connectivity index is 4.06. The van der Waals surface area contributed by atoms with Gasteiger partial charge in [-0.15, -0.1) is 0 Å². The average Bonchev–Trinajstić information content (AvgIpc) is 1.98. The third-order valence-corrected chi connectivity index (χ3v) is 1.63. The number of aliphatic hydroxyl groups excluding tert-OH is 1. The van der Waals surface area contributed by atoms with Crippen LogP contribution in [0.4, 0.5) is 0 Å². The monoisotopic (exact) mass is 173 g/mol. The van der Waals surface area contributed by atoms with Gasteiger partial charge in [-0.1, -0.05) is 27.7 Å². The van der Waals surface area contributed by atoms with Crippen molar-refractivity contribution in [3.8, 4) is 0 Å². The highest BCUT2D eigenvalue weighted by Crippen LogP contribution is 2.00. The maximum absolute atomic E-state index is 11.4. The molecule has 0 rings (SSSR count). The van der Waals surface area contributed by atoms with E-state index in [1.54, 1.807) is 0 Å². The predicted molar refractivity (Wildman–Crippen MR) is 49.0 cm³/mol. The molecular formula is C9H19NO2. The molecule has 3 nitrogen and oxygen atoms in total. The van der Waals surface area contributed by atoms with Crippen LogP contribution in [0.25, 0.3) is 0 Å². The number of Topliss-reactive ketones (excluding diaryl/α,β-unsaturated/α-hetero) is 1. The van der Waals surface area contributed by atoms with E-state index in [9.17, 15) is 4.79 Å². The summed E-state index contributed by atoms with van der Waals surface area (Å²) in [6.45, 7) is 7.47. The number of aliphatic hydroxyl groups is 1. The quantitative estimate of drug-likeness (QED) is 0.639. The zero-order valence-corrected chi connectivity index (χ0v) is 8.29. The summed E-state index contributed by atoms with van der Waals surface area (Å²) in [5, 5.41) is 11.9. The van der Waals surface area contributed by atoms with E-state index in [4.69, 9.17) is 5.11 Å². The van der Waals surface area contributed by atoms with Gasteiger partial charge in [0.05, 0.1) is 12.6 Å². The summed E-state index contributed by atoms with van der Waals surface area (Å²) in [5.41, 5.74) is 0. The number of carbonyl (C=O) groups is 1. The third kappa shape index (κ3) is 3.83. The number of ketones is 1. The Morgan fingerprint density at radius 3 is 2.08 bits per heavy atom. The fourth-order valence-electron chi connectivity index (χ4n) is 1.03.